The summed E-state index contributed by atoms with van der Waals surface area (Å²) < 4.78 is 1.24. The molecule has 3 aromatic rings. The van der Waals surface area contributed by atoms with Crippen LogP contribution in [-0.2, 0) is 11.3 Å². The first-order valence-electron chi connectivity index (χ1n) is 6.08. The summed E-state index contributed by atoms with van der Waals surface area (Å²) in [6.45, 7) is -0.343. The van der Waals surface area contributed by atoms with Gasteiger partial charge in [-0.15, -0.1) is 0 Å². The third-order valence-corrected chi connectivity index (χ3v) is 3.04. The van der Waals surface area contributed by atoms with Crippen LogP contribution in [0.2, 0.25) is 0 Å². The van der Waals surface area contributed by atoms with Crippen LogP contribution in [0.25, 0.3) is 22.3 Å². The molecule has 0 aliphatic carbocycles. The van der Waals surface area contributed by atoms with Crippen molar-refractivity contribution in [1.82, 2.24) is 19.7 Å². The monoisotopic (exact) mass is 285 g/mol. The van der Waals surface area contributed by atoms with E-state index in [0.717, 1.165) is 5.56 Å². The number of fused-ring (bicyclic) bond motifs is 1. The Hall–Kier alpha value is -3.16. The molecular weight excluding hydrogens is 274 g/mol. The van der Waals surface area contributed by atoms with Gasteiger partial charge in [-0.1, -0.05) is 0 Å². The van der Waals surface area contributed by atoms with Crippen molar-refractivity contribution < 1.29 is 14.7 Å². The number of imidazole rings is 1. The largest absolute Gasteiger partial charge is 0.480 e. The molecule has 2 heterocycles. The van der Waals surface area contributed by atoms with Gasteiger partial charge in [0, 0.05) is 23.3 Å². The molecule has 0 bridgehead atoms. The lowest BCUT2D eigenvalue weighted by atomic mass is 10.1. The molecular formula is C13H11N5O3. The minimum Gasteiger partial charge on any atom is -0.480 e. The summed E-state index contributed by atoms with van der Waals surface area (Å²) in [5, 5.41) is 13.4. The first-order chi connectivity index (χ1) is 10.1. The number of carboxylic acid groups (broad SMARTS) is 1. The highest BCUT2D eigenvalue weighted by Gasteiger charge is 2.17. The number of carbonyl (C=O) groups is 2. The molecule has 0 saturated heterocycles. The molecule has 0 unspecified atom stereocenters. The molecule has 4 N–H and O–H groups in total. The number of nitrogens with one attached hydrogen (secondary N) is 1. The fourth-order valence-corrected chi connectivity index (χ4v) is 2.18. The lowest BCUT2D eigenvalue weighted by molar-refractivity contribution is -0.137. The Balaban J connectivity index is 2.21. The van der Waals surface area contributed by atoms with Gasteiger partial charge in [0.1, 0.15) is 12.4 Å². The lowest BCUT2D eigenvalue weighted by Gasteiger charge is -2.00. The fraction of sp³-hybridized carbons (Fsp3) is 0.0769. The maximum absolute atomic E-state index is 11.5. The molecule has 3 rings (SSSR count). The van der Waals surface area contributed by atoms with E-state index in [9.17, 15) is 9.59 Å². The Kier molecular flexibility index (Phi) is 2.90. The predicted molar refractivity (Wildman–Crippen MR) is 73.5 cm³/mol. The number of primary amides is 1. The van der Waals surface area contributed by atoms with Crippen molar-refractivity contribution in [2.75, 3.05) is 0 Å². The molecule has 8 nitrogen and oxygen atoms in total. The van der Waals surface area contributed by atoms with Crippen molar-refractivity contribution >= 4 is 22.8 Å². The Morgan fingerprint density at radius 2 is 2.19 bits per heavy atom. The smallest absolute Gasteiger partial charge is 0.325 e. The van der Waals surface area contributed by atoms with Gasteiger partial charge in [0.25, 0.3) is 5.91 Å². The highest BCUT2D eigenvalue weighted by atomic mass is 16.4. The van der Waals surface area contributed by atoms with Crippen LogP contribution in [0.4, 0.5) is 0 Å². The van der Waals surface area contributed by atoms with Crippen LogP contribution in [0, 0.1) is 0 Å². The van der Waals surface area contributed by atoms with Crippen LogP contribution in [0.15, 0.2) is 30.6 Å². The third kappa shape index (κ3) is 2.22. The summed E-state index contributed by atoms with van der Waals surface area (Å²) in [6, 6.07) is 5.17. The van der Waals surface area contributed by atoms with E-state index in [1.807, 2.05) is 0 Å². The second-order valence-electron chi connectivity index (χ2n) is 4.43. The Morgan fingerprint density at radius 1 is 1.38 bits per heavy atom. The number of H-pyrrole nitrogens is 1. The SMILES string of the molecule is NC(=O)c1nn(CC(=O)O)c2ccc(-c3ncc[nH]3)cc12. The molecule has 8 heteroatoms. The Morgan fingerprint density at radius 3 is 2.81 bits per heavy atom. The van der Waals surface area contributed by atoms with Gasteiger partial charge in [0.05, 0.1) is 5.52 Å². The number of aromatic amines is 1. The summed E-state index contributed by atoms with van der Waals surface area (Å²) in [5.41, 5.74) is 6.63. The van der Waals surface area contributed by atoms with Crippen molar-refractivity contribution in [2.24, 2.45) is 5.73 Å². The third-order valence-electron chi connectivity index (χ3n) is 3.04. The molecule has 2 aromatic heterocycles. The predicted octanol–water partition coefficient (Wildman–Crippen LogP) is 0.610. The Bertz CT molecular complexity index is 835. The standard InChI is InChI=1S/C13H11N5O3/c14-12(21)11-8-5-7(13-15-3-4-16-13)1-2-9(8)18(17-11)6-10(19)20/h1-5H,6H2,(H2,14,21)(H,15,16)(H,19,20). The van der Waals surface area contributed by atoms with Gasteiger partial charge in [-0.2, -0.15) is 5.10 Å². The first kappa shape index (κ1) is 12.9. The Labute approximate surface area is 118 Å². The highest BCUT2D eigenvalue weighted by molar-refractivity contribution is 6.05. The molecule has 1 aromatic carbocycles. The number of rotatable bonds is 4. The second-order valence-corrected chi connectivity index (χ2v) is 4.43. The van der Waals surface area contributed by atoms with Crippen molar-refractivity contribution in [3.63, 3.8) is 0 Å². The van der Waals surface area contributed by atoms with Crippen LogP contribution in [-0.4, -0.2) is 36.7 Å². The van der Waals surface area contributed by atoms with Crippen molar-refractivity contribution in [3.8, 4) is 11.4 Å². The van der Waals surface area contributed by atoms with Crippen LogP contribution in [0.5, 0.6) is 0 Å². The van der Waals surface area contributed by atoms with E-state index < -0.39 is 11.9 Å². The fourth-order valence-electron chi connectivity index (χ4n) is 2.18. The van der Waals surface area contributed by atoms with Crippen LogP contribution in [0.1, 0.15) is 10.5 Å². The molecule has 21 heavy (non-hydrogen) atoms. The number of nitrogens with two attached hydrogens (primary N) is 1. The zero-order valence-corrected chi connectivity index (χ0v) is 10.8. The van der Waals surface area contributed by atoms with Gasteiger partial charge in [-0.3, -0.25) is 14.3 Å². The van der Waals surface area contributed by atoms with E-state index >= 15 is 0 Å². The quantitative estimate of drug-likeness (QED) is 0.647. The molecule has 0 saturated carbocycles. The number of carbonyl (C=O) groups excluding carboxylic acids is 1. The number of carboxylic acids is 1. The van der Waals surface area contributed by atoms with Gasteiger partial charge in [0.15, 0.2) is 5.69 Å². The van der Waals surface area contributed by atoms with Crippen LogP contribution < -0.4 is 5.73 Å². The van der Waals surface area contributed by atoms with Gasteiger partial charge in [-0.05, 0) is 18.2 Å². The summed E-state index contributed by atoms with van der Waals surface area (Å²) in [5.74, 6) is -1.12. The first-order valence-corrected chi connectivity index (χ1v) is 6.08. The van der Waals surface area contributed by atoms with E-state index in [0.29, 0.717) is 16.7 Å². The maximum atomic E-state index is 11.5. The molecule has 0 atom stereocenters. The molecule has 106 valence electrons. The molecule has 0 spiro atoms. The second kappa shape index (κ2) is 4.75. The van der Waals surface area contributed by atoms with E-state index in [4.69, 9.17) is 10.8 Å². The van der Waals surface area contributed by atoms with Crippen molar-refractivity contribution in [1.29, 1.82) is 0 Å². The number of hydrogen-bond acceptors (Lipinski definition) is 4. The van der Waals surface area contributed by atoms with Crippen LogP contribution in [0.3, 0.4) is 0 Å². The van der Waals surface area contributed by atoms with E-state index in [2.05, 4.69) is 15.1 Å². The number of hydrogen-bond donors (Lipinski definition) is 3. The van der Waals surface area contributed by atoms with E-state index in [-0.39, 0.29) is 12.2 Å². The summed E-state index contributed by atoms with van der Waals surface area (Å²) in [7, 11) is 0. The van der Waals surface area contributed by atoms with Gasteiger partial charge < -0.3 is 15.8 Å². The topological polar surface area (TPSA) is 127 Å². The van der Waals surface area contributed by atoms with Gasteiger partial charge in [-0.25, -0.2) is 4.98 Å². The maximum Gasteiger partial charge on any atom is 0.325 e. The average molecular weight is 285 g/mol. The zero-order chi connectivity index (χ0) is 15.0. The molecule has 0 aliphatic rings. The summed E-state index contributed by atoms with van der Waals surface area (Å²) in [4.78, 5) is 29.4. The van der Waals surface area contributed by atoms with Gasteiger partial charge in [0.2, 0.25) is 0 Å². The number of benzene rings is 1. The highest BCUT2D eigenvalue weighted by Crippen LogP contribution is 2.24. The normalized spacial score (nSPS) is 10.9. The summed E-state index contributed by atoms with van der Waals surface area (Å²) >= 11 is 0. The van der Waals surface area contributed by atoms with Crippen LogP contribution >= 0.6 is 0 Å². The van der Waals surface area contributed by atoms with E-state index in [1.165, 1.54) is 4.68 Å². The lowest BCUT2D eigenvalue weighted by Crippen LogP contribution is -2.14. The zero-order valence-electron chi connectivity index (χ0n) is 10.8. The molecule has 0 radical (unpaired) electrons. The van der Waals surface area contributed by atoms with Gasteiger partial charge >= 0.3 is 5.97 Å². The van der Waals surface area contributed by atoms with Crippen molar-refractivity contribution in [3.05, 3.63) is 36.3 Å². The molecule has 0 aliphatic heterocycles. The number of aliphatic carboxylic acids is 1. The molecule has 0 fully saturated rings. The number of aromatic nitrogens is 4. The molecule has 1 amide bonds. The van der Waals surface area contributed by atoms with Crippen molar-refractivity contribution in [2.45, 2.75) is 6.54 Å². The minimum atomic E-state index is -1.05. The van der Waals surface area contributed by atoms with E-state index in [1.54, 1.807) is 30.6 Å². The number of nitrogens with zero attached hydrogens (tertiary/aromatic N) is 3. The number of amides is 1. The summed E-state index contributed by atoms with van der Waals surface area (Å²) in [6.07, 6.45) is 3.30. The minimum absolute atomic E-state index is 0.0413. The average Bonchev–Trinajstić information content (AvgIpc) is 3.05.